The average molecular weight is 390 g/mol. The lowest BCUT2D eigenvalue weighted by Crippen LogP contribution is -2.65. The Bertz CT molecular complexity index is 774. The minimum atomic E-state index is -0.391. The van der Waals surface area contributed by atoms with Crippen molar-refractivity contribution in [1.29, 1.82) is 0 Å². The number of piperidine rings is 1. The summed E-state index contributed by atoms with van der Waals surface area (Å²) in [5.41, 5.74) is 1.11. The van der Waals surface area contributed by atoms with Crippen LogP contribution in [0.15, 0.2) is 18.2 Å². The van der Waals surface area contributed by atoms with Crippen molar-refractivity contribution in [3.8, 4) is 0 Å². The molecule has 146 valence electrons. The summed E-state index contributed by atoms with van der Waals surface area (Å²) in [5, 5.41) is 4.24. The number of fused-ring (bicyclic) bond motifs is 1. The molecule has 5 nitrogen and oxygen atoms in total. The number of hydrogen-bond acceptors (Lipinski definition) is 3. The predicted molar refractivity (Wildman–Crippen MR) is 107 cm³/mol. The first kappa shape index (κ1) is 18.6. The maximum absolute atomic E-state index is 13.3. The third-order valence-corrected chi connectivity index (χ3v) is 6.03. The van der Waals surface area contributed by atoms with Gasteiger partial charge in [-0.15, -0.1) is 0 Å². The van der Waals surface area contributed by atoms with Crippen molar-refractivity contribution < 1.29 is 9.59 Å². The third-order valence-electron chi connectivity index (χ3n) is 5.80. The fourth-order valence-electron chi connectivity index (χ4n) is 4.34. The molecule has 1 aromatic carbocycles. The molecule has 1 aromatic rings. The van der Waals surface area contributed by atoms with Gasteiger partial charge >= 0.3 is 0 Å². The lowest BCUT2D eigenvalue weighted by Gasteiger charge is -2.52. The Balaban J connectivity index is 1.57. The van der Waals surface area contributed by atoms with Gasteiger partial charge in [0, 0.05) is 49.1 Å². The summed E-state index contributed by atoms with van der Waals surface area (Å²) in [5.74, 6) is 0.285. The first-order chi connectivity index (χ1) is 12.7. The SMILES string of the molecule is CC(C)(C)CC(=O)N1CCC2(CC1)Nc1ccc(Cl)cc1C(=O)N2C1CC1. The molecule has 0 atom stereocenters. The van der Waals surface area contributed by atoms with E-state index in [4.69, 9.17) is 11.6 Å². The van der Waals surface area contributed by atoms with Gasteiger partial charge in [-0.3, -0.25) is 9.59 Å². The molecule has 1 spiro atoms. The van der Waals surface area contributed by atoms with E-state index in [9.17, 15) is 9.59 Å². The molecule has 2 heterocycles. The van der Waals surface area contributed by atoms with Crippen molar-refractivity contribution in [1.82, 2.24) is 9.80 Å². The minimum Gasteiger partial charge on any atom is -0.362 e. The number of halogens is 1. The van der Waals surface area contributed by atoms with Crippen LogP contribution in [-0.4, -0.2) is 46.4 Å². The molecule has 4 rings (SSSR count). The number of likely N-dealkylation sites (tertiary alicyclic amines) is 1. The Kier molecular flexibility index (Phi) is 4.41. The largest absolute Gasteiger partial charge is 0.362 e. The second kappa shape index (κ2) is 6.40. The fraction of sp³-hybridized carbons (Fsp3) is 0.619. The molecule has 2 aliphatic heterocycles. The average Bonchev–Trinajstić information content (AvgIpc) is 3.40. The number of nitrogens with one attached hydrogen (secondary N) is 1. The number of carbonyl (C=O) groups excluding carboxylic acids is 2. The Morgan fingerprint density at radius 2 is 1.93 bits per heavy atom. The Morgan fingerprint density at radius 1 is 1.26 bits per heavy atom. The molecule has 1 N–H and O–H groups in total. The van der Waals surface area contributed by atoms with Crippen molar-refractivity contribution >= 4 is 29.1 Å². The van der Waals surface area contributed by atoms with E-state index >= 15 is 0 Å². The topological polar surface area (TPSA) is 52.7 Å². The van der Waals surface area contributed by atoms with Crippen molar-refractivity contribution in [3.63, 3.8) is 0 Å². The molecule has 27 heavy (non-hydrogen) atoms. The minimum absolute atomic E-state index is 0.0104. The normalized spacial score (nSPS) is 21.9. The van der Waals surface area contributed by atoms with Crippen LogP contribution in [0.3, 0.4) is 0 Å². The summed E-state index contributed by atoms with van der Waals surface area (Å²) >= 11 is 6.13. The first-order valence-electron chi connectivity index (χ1n) is 9.88. The zero-order valence-electron chi connectivity index (χ0n) is 16.3. The van der Waals surface area contributed by atoms with Gasteiger partial charge in [-0.1, -0.05) is 32.4 Å². The van der Waals surface area contributed by atoms with Gasteiger partial charge in [0.25, 0.3) is 5.91 Å². The van der Waals surface area contributed by atoms with E-state index in [1.165, 1.54) is 0 Å². The highest BCUT2D eigenvalue weighted by molar-refractivity contribution is 6.31. The number of anilines is 1. The van der Waals surface area contributed by atoms with E-state index < -0.39 is 5.66 Å². The molecule has 1 saturated carbocycles. The van der Waals surface area contributed by atoms with Crippen LogP contribution in [0.1, 0.15) is 63.2 Å². The number of hydrogen-bond donors (Lipinski definition) is 1. The molecule has 0 bridgehead atoms. The van der Waals surface area contributed by atoms with Crippen LogP contribution < -0.4 is 5.32 Å². The second-order valence-electron chi connectivity index (χ2n) is 9.37. The van der Waals surface area contributed by atoms with Gasteiger partial charge in [0.05, 0.1) is 5.56 Å². The van der Waals surface area contributed by atoms with Crippen molar-refractivity contribution in [2.24, 2.45) is 5.41 Å². The standard InChI is InChI=1S/C21H28ClN3O2/c1-20(2,3)13-18(26)24-10-8-21(9-11-24)23-17-7-4-14(22)12-16(17)19(27)25(21)15-5-6-15/h4,7,12,15,23H,5-6,8-11,13H2,1-3H3. The number of rotatable bonds is 2. The van der Waals surface area contributed by atoms with Crippen LogP contribution in [0.2, 0.25) is 5.02 Å². The van der Waals surface area contributed by atoms with E-state index in [2.05, 4.69) is 31.0 Å². The number of nitrogens with zero attached hydrogens (tertiary/aromatic N) is 2. The van der Waals surface area contributed by atoms with Crippen LogP contribution in [-0.2, 0) is 4.79 Å². The number of carbonyl (C=O) groups is 2. The number of benzene rings is 1. The van der Waals surface area contributed by atoms with Crippen LogP contribution in [0.25, 0.3) is 0 Å². The first-order valence-corrected chi connectivity index (χ1v) is 10.3. The quantitative estimate of drug-likeness (QED) is 0.827. The summed E-state index contributed by atoms with van der Waals surface area (Å²) < 4.78 is 0. The van der Waals surface area contributed by atoms with Crippen molar-refractivity contribution in [2.75, 3.05) is 18.4 Å². The molecule has 1 saturated heterocycles. The Hall–Kier alpha value is -1.75. The second-order valence-corrected chi connectivity index (χ2v) is 9.81. The van der Waals surface area contributed by atoms with E-state index in [1.807, 2.05) is 17.0 Å². The van der Waals surface area contributed by atoms with Gasteiger partial charge in [0.2, 0.25) is 5.91 Å². The molecule has 3 aliphatic rings. The molecular formula is C21H28ClN3O2. The van der Waals surface area contributed by atoms with Gasteiger partial charge in [-0.25, -0.2) is 0 Å². The van der Waals surface area contributed by atoms with Gasteiger partial charge in [0.1, 0.15) is 5.66 Å². The van der Waals surface area contributed by atoms with E-state index in [-0.39, 0.29) is 17.2 Å². The maximum atomic E-state index is 13.3. The third kappa shape index (κ3) is 3.54. The molecule has 1 aliphatic carbocycles. The van der Waals surface area contributed by atoms with Gasteiger partial charge in [0.15, 0.2) is 0 Å². The van der Waals surface area contributed by atoms with E-state index in [1.54, 1.807) is 6.07 Å². The summed E-state index contributed by atoms with van der Waals surface area (Å²) in [6.07, 6.45) is 4.18. The molecule has 0 radical (unpaired) electrons. The highest BCUT2D eigenvalue weighted by Crippen LogP contribution is 2.44. The fourth-order valence-corrected chi connectivity index (χ4v) is 4.52. The molecular weight excluding hydrogens is 362 g/mol. The maximum Gasteiger partial charge on any atom is 0.258 e. The Labute approximate surface area is 166 Å². The summed E-state index contributed by atoms with van der Waals surface area (Å²) in [6.45, 7) is 7.64. The summed E-state index contributed by atoms with van der Waals surface area (Å²) in [4.78, 5) is 29.9. The molecule has 6 heteroatoms. The Morgan fingerprint density at radius 3 is 2.52 bits per heavy atom. The zero-order chi connectivity index (χ0) is 19.4. The van der Waals surface area contributed by atoms with E-state index in [0.29, 0.717) is 36.1 Å². The highest BCUT2D eigenvalue weighted by Gasteiger charge is 2.52. The lowest BCUT2D eigenvalue weighted by molar-refractivity contribution is -0.135. The highest BCUT2D eigenvalue weighted by atomic mass is 35.5. The summed E-state index contributed by atoms with van der Waals surface area (Å²) in [6, 6.07) is 5.78. The monoisotopic (exact) mass is 389 g/mol. The van der Waals surface area contributed by atoms with Crippen LogP contribution in [0.5, 0.6) is 0 Å². The molecule has 0 aromatic heterocycles. The van der Waals surface area contributed by atoms with Gasteiger partial charge in [-0.2, -0.15) is 0 Å². The van der Waals surface area contributed by atoms with Crippen LogP contribution >= 0.6 is 11.6 Å². The molecule has 2 amide bonds. The van der Waals surface area contributed by atoms with Crippen LogP contribution in [0, 0.1) is 5.41 Å². The van der Waals surface area contributed by atoms with E-state index in [0.717, 1.165) is 31.4 Å². The lowest BCUT2D eigenvalue weighted by atomic mass is 9.88. The van der Waals surface area contributed by atoms with Crippen LogP contribution in [0.4, 0.5) is 5.69 Å². The molecule has 0 unspecified atom stereocenters. The van der Waals surface area contributed by atoms with Gasteiger partial charge < -0.3 is 15.1 Å². The zero-order valence-corrected chi connectivity index (χ0v) is 17.1. The van der Waals surface area contributed by atoms with Crippen molar-refractivity contribution in [3.05, 3.63) is 28.8 Å². The molecule has 2 fully saturated rings. The predicted octanol–water partition coefficient (Wildman–Crippen LogP) is 4.13. The number of amides is 2. The van der Waals surface area contributed by atoms with Crippen molar-refractivity contribution in [2.45, 2.75) is 64.6 Å². The van der Waals surface area contributed by atoms with Gasteiger partial charge in [-0.05, 0) is 36.5 Å². The smallest absolute Gasteiger partial charge is 0.258 e. The summed E-state index contributed by atoms with van der Waals surface area (Å²) in [7, 11) is 0.